The average molecular weight is 233 g/mol. The summed E-state index contributed by atoms with van der Waals surface area (Å²) in [5.41, 5.74) is 0. The lowest BCUT2D eigenvalue weighted by molar-refractivity contribution is 1.32. The molecular formula is C8H3Cl3N2. The van der Waals surface area contributed by atoms with Crippen molar-refractivity contribution in [3.05, 3.63) is 33.8 Å². The molecule has 0 unspecified atom stereocenters. The highest BCUT2D eigenvalue weighted by molar-refractivity contribution is 6.41. The number of rotatable bonds is 0. The van der Waals surface area contributed by atoms with Crippen LogP contribution in [0.2, 0.25) is 15.5 Å². The Hall–Kier alpha value is -0.570. The summed E-state index contributed by atoms with van der Waals surface area (Å²) in [6.45, 7) is 0. The van der Waals surface area contributed by atoms with Crippen molar-refractivity contribution in [2.45, 2.75) is 0 Å². The molecule has 66 valence electrons. The first-order chi connectivity index (χ1) is 6.18. The summed E-state index contributed by atoms with van der Waals surface area (Å²) in [6.07, 6.45) is 1.59. The van der Waals surface area contributed by atoms with Crippen molar-refractivity contribution in [1.29, 1.82) is 0 Å². The molecule has 0 saturated heterocycles. The van der Waals surface area contributed by atoms with Gasteiger partial charge in [-0.25, -0.2) is 9.97 Å². The predicted molar refractivity (Wildman–Crippen MR) is 54.6 cm³/mol. The van der Waals surface area contributed by atoms with Gasteiger partial charge in [0.25, 0.3) is 0 Å². The van der Waals surface area contributed by atoms with Gasteiger partial charge in [-0.1, -0.05) is 34.8 Å². The van der Waals surface area contributed by atoms with Crippen molar-refractivity contribution in [3.8, 4) is 0 Å². The SMILES string of the molecule is Clc1cc2ccnc(Cl)c2c(Cl)n1. The molecule has 0 amide bonds. The Labute approximate surface area is 89.5 Å². The highest BCUT2D eigenvalue weighted by atomic mass is 35.5. The molecule has 0 aliphatic carbocycles. The molecule has 2 heterocycles. The monoisotopic (exact) mass is 232 g/mol. The van der Waals surface area contributed by atoms with E-state index in [9.17, 15) is 0 Å². The third-order valence-electron chi connectivity index (χ3n) is 1.62. The van der Waals surface area contributed by atoms with E-state index in [1.54, 1.807) is 18.3 Å². The second-order valence-electron chi connectivity index (χ2n) is 2.44. The van der Waals surface area contributed by atoms with Gasteiger partial charge in [0.15, 0.2) is 0 Å². The Bertz CT molecular complexity index is 470. The third kappa shape index (κ3) is 1.57. The van der Waals surface area contributed by atoms with Crippen LogP contribution in [0, 0.1) is 0 Å². The number of fused-ring (bicyclic) bond motifs is 1. The van der Waals surface area contributed by atoms with Crippen LogP contribution in [-0.2, 0) is 0 Å². The largest absolute Gasteiger partial charge is 0.244 e. The second kappa shape index (κ2) is 3.29. The normalized spacial score (nSPS) is 10.7. The van der Waals surface area contributed by atoms with Crippen molar-refractivity contribution in [3.63, 3.8) is 0 Å². The molecule has 2 nitrogen and oxygen atoms in total. The third-order valence-corrected chi connectivity index (χ3v) is 2.38. The highest BCUT2D eigenvalue weighted by Crippen LogP contribution is 2.28. The maximum absolute atomic E-state index is 5.85. The van der Waals surface area contributed by atoms with Gasteiger partial charge in [-0.15, -0.1) is 0 Å². The fourth-order valence-electron chi connectivity index (χ4n) is 1.08. The average Bonchev–Trinajstić information content (AvgIpc) is 2.02. The van der Waals surface area contributed by atoms with Gasteiger partial charge in [-0.2, -0.15) is 0 Å². The van der Waals surface area contributed by atoms with Crippen molar-refractivity contribution in [1.82, 2.24) is 9.97 Å². The van der Waals surface area contributed by atoms with Crippen LogP contribution < -0.4 is 0 Å². The smallest absolute Gasteiger partial charge is 0.141 e. The minimum atomic E-state index is 0.278. The van der Waals surface area contributed by atoms with Gasteiger partial charge in [0.1, 0.15) is 15.5 Å². The molecule has 13 heavy (non-hydrogen) atoms. The topological polar surface area (TPSA) is 25.8 Å². The Morgan fingerprint density at radius 3 is 2.62 bits per heavy atom. The van der Waals surface area contributed by atoms with Crippen LogP contribution in [0.3, 0.4) is 0 Å². The van der Waals surface area contributed by atoms with E-state index in [4.69, 9.17) is 34.8 Å². The van der Waals surface area contributed by atoms with E-state index in [0.717, 1.165) is 5.39 Å². The van der Waals surface area contributed by atoms with Crippen LogP contribution in [-0.4, -0.2) is 9.97 Å². The van der Waals surface area contributed by atoms with E-state index in [1.807, 2.05) is 0 Å². The van der Waals surface area contributed by atoms with Crippen LogP contribution in [0.25, 0.3) is 10.8 Å². The number of halogens is 3. The van der Waals surface area contributed by atoms with E-state index in [2.05, 4.69) is 9.97 Å². The molecule has 0 aliphatic rings. The Morgan fingerprint density at radius 1 is 1.08 bits per heavy atom. The van der Waals surface area contributed by atoms with Crippen molar-refractivity contribution in [2.24, 2.45) is 0 Å². The molecule has 2 aromatic heterocycles. The molecule has 5 heteroatoms. The minimum absolute atomic E-state index is 0.278. The molecule has 0 saturated carbocycles. The molecule has 0 bridgehead atoms. The first kappa shape index (κ1) is 9.00. The summed E-state index contributed by atoms with van der Waals surface area (Å²) in [5, 5.41) is 2.44. The summed E-state index contributed by atoms with van der Waals surface area (Å²) < 4.78 is 0. The highest BCUT2D eigenvalue weighted by Gasteiger charge is 2.06. The first-order valence-electron chi connectivity index (χ1n) is 3.45. The van der Waals surface area contributed by atoms with Crippen LogP contribution in [0.1, 0.15) is 0 Å². The first-order valence-corrected chi connectivity index (χ1v) is 4.58. The zero-order chi connectivity index (χ0) is 9.42. The molecule has 2 rings (SSSR count). The maximum atomic E-state index is 5.85. The fraction of sp³-hybridized carbons (Fsp3) is 0. The lowest BCUT2D eigenvalue weighted by atomic mass is 10.2. The summed E-state index contributed by atoms with van der Waals surface area (Å²) in [7, 11) is 0. The molecule has 0 aliphatic heterocycles. The van der Waals surface area contributed by atoms with Gasteiger partial charge in [-0.3, -0.25) is 0 Å². The Balaban J connectivity index is 2.94. The fourth-order valence-corrected chi connectivity index (χ4v) is 1.92. The van der Waals surface area contributed by atoms with Gasteiger partial charge < -0.3 is 0 Å². The van der Waals surface area contributed by atoms with E-state index in [-0.39, 0.29) is 5.15 Å². The molecular weight excluding hydrogens is 230 g/mol. The van der Waals surface area contributed by atoms with Gasteiger partial charge in [-0.05, 0) is 17.5 Å². The number of pyridine rings is 2. The van der Waals surface area contributed by atoms with E-state index < -0.39 is 0 Å². The number of aromatic nitrogens is 2. The minimum Gasteiger partial charge on any atom is -0.244 e. The van der Waals surface area contributed by atoms with E-state index in [1.165, 1.54) is 0 Å². The predicted octanol–water partition coefficient (Wildman–Crippen LogP) is 3.59. The van der Waals surface area contributed by atoms with Gasteiger partial charge in [0.2, 0.25) is 0 Å². The van der Waals surface area contributed by atoms with Crippen molar-refractivity contribution >= 4 is 45.6 Å². The van der Waals surface area contributed by atoms with Crippen molar-refractivity contribution in [2.75, 3.05) is 0 Å². The summed E-state index contributed by atoms with van der Waals surface area (Å²) >= 11 is 17.4. The van der Waals surface area contributed by atoms with Gasteiger partial charge in [0.05, 0.1) is 5.39 Å². The molecule has 0 atom stereocenters. The standard InChI is InChI=1S/C8H3Cl3N2/c9-5-3-4-1-2-12-7(10)6(4)8(11)13-5/h1-3H. The molecule has 0 aromatic carbocycles. The van der Waals surface area contributed by atoms with E-state index in [0.29, 0.717) is 15.7 Å². The second-order valence-corrected chi connectivity index (χ2v) is 3.54. The van der Waals surface area contributed by atoms with Crippen LogP contribution >= 0.6 is 34.8 Å². The summed E-state index contributed by atoms with van der Waals surface area (Å²) in [4.78, 5) is 7.76. The zero-order valence-corrected chi connectivity index (χ0v) is 8.53. The number of hydrogen-bond acceptors (Lipinski definition) is 2. The molecule has 0 N–H and O–H groups in total. The lowest BCUT2D eigenvalue weighted by Gasteiger charge is -2.01. The van der Waals surface area contributed by atoms with Gasteiger partial charge >= 0.3 is 0 Å². The summed E-state index contributed by atoms with van der Waals surface area (Å²) in [6, 6.07) is 3.47. The molecule has 0 spiro atoms. The quantitative estimate of drug-likeness (QED) is 0.650. The molecule has 2 aromatic rings. The number of hydrogen-bond donors (Lipinski definition) is 0. The van der Waals surface area contributed by atoms with Gasteiger partial charge in [0, 0.05) is 6.20 Å². The zero-order valence-electron chi connectivity index (χ0n) is 6.26. The molecule has 0 radical (unpaired) electrons. The van der Waals surface area contributed by atoms with Crippen molar-refractivity contribution < 1.29 is 0 Å². The van der Waals surface area contributed by atoms with Crippen LogP contribution in [0.15, 0.2) is 18.3 Å². The number of nitrogens with zero attached hydrogens (tertiary/aromatic N) is 2. The summed E-state index contributed by atoms with van der Waals surface area (Å²) in [5.74, 6) is 0. The van der Waals surface area contributed by atoms with E-state index >= 15 is 0 Å². The van der Waals surface area contributed by atoms with Crippen LogP contribution in [0.4, 0.5) is 0 Å². The lowest BCUT2D eigenvalue weighted by Crippen LogP contribution is -1.84. The molecule has 0 fully saturated rings. The maximum Gasteiger partial charge on any atom is 0.141 e. The Morgan fingerprint density at radius 2 is 1.85 bits per heavy atom. The Kier molecular flexibility index (Phi) is 2.28. The van der Waals surface area contributed by atoms with Crippen LogP contribution in [0.5, 0.6) is 0 Å².